The fourth-order valence-electron chi connectivity index (χ4n) is 3.02. The van der Waals surface area contributed by atoms with Crippen LogP contribution >= 0.6 is 11.6 Å². The van der Waals surface area contributed by atoms with Crippen molar-refractivity contribution in [3.8, 4) is 0 Å². The number of benzene rings is 1. The zero-order valence-electron chi connectivity index (χ0n) is 13.5. The fourth-order valence-corrected chi connectivity index (χ4v) is 3.19. The van der Waals surface area contributed by atoms with Crippen molar-refractivity contribution in [2.45, 2.75) is 32.7 Å². The topological polar surface area (TPSA) is 23.6 Å². The molecule has 0 unspecified atom stereocenters. The second-order valence-corrected chi connectivity index (χ2v) is 6.74. The SMILES string of the molecule is CC(C)[C@@H](CN1CCCC1)N(C)C(=O)c1cccc(Cl)c1F. The molecule has 0 bridgehead atoms. The van der Waals surface area contributed by atoms with Crippen molar-refractivity contribution < 1.29 is 9.18 Å². The largest absolute Gasteiger partial charge is 0.337 e. The van der Waals surface area contributed by atoms with Crippen LogP contribution in [0.3, 0.4) is 0 Å². The van der Waals surface area contributed by atoms with E-state index in [0.717, 1.165) is 19.6 Å². The summed E-state index contributed by atoms with van der Waals surface area (Å²) in [6.07, 6.45) is 2.43. The maximum Gasteiger partial charge on any atom is 0.256 e. The minimum absolute atomic E-state index is 0.0140. The van der Waals surface area contributed by atoms with Crippen LogP contribution in [0.2, 0.25) is 5.02 Å². The number of likely N-dealkylation sites (N-methyl/N-ethyl adjacent to an activating group) is 1. The van der Waals surface area contributed by atoms with Crippen LogP contribution in [-0.4, -0.2) is 48.4 Å². The van der Waals surface area contributed by atoms with Gasteiger partial charge in [-0.15, -0.1) is 0 Å². The molecule has 1 aliphatic heterocycles. The minimum atomic E-state index is -0.635. The van der Waals surface area contributed by atoms with Crippen molar-refractivity contribution >= 4 is 17.5 Å². The standard InChI is InChI=1S/C17H24ClFN2O/c1-12(2)15(11-21-9-4-5-10-21)20(3)17(22)13-7-6-8-14(18)16(13)19/h6-8,12,15H,4-5,9-11H2,1-3H3/t15-/m1/s1. The average Bonchev–Trinajstić information content (AvgIpc) is 2.99. The molecule has 0 radical (unpaired) electrons. The summed E-state index contributed by atoms with van der Waals surface area (Å²) in [5.41, 5.74) is 0.0436. The predicted octanol–water partition coefficient (Wildman–Crippen LogP) is 3.67. The van der Waals surface area contributed by atoms with Gasteiger partial charge in [0.05, 0.1) is 10.6 Å². The molecule has 0 saturated carbocycles. The lowest BCUT2D eigenvalue weighted by atomic mass is 10.0. The van der Waals surface area contributed by atoms with Gasteiger partial charge in [0.2, 0.25) is 0 Å². The summed E-state index contributed by atoms with van der Waals surface area (Å²) in [4.78, 5) is 16.7. The van der Waals surface area contributed by atoms with Crippen LogP contribution in [0.25, 0.3) is 0 Å². The summed E-state index contributed by atoms with van der Waals surface area (Å²) >= 11 is 5.79. The molecule has 1 aliphatic rings. The van der Waals surface area contributed by atoms with Crippen LogP contribution in [0, 0.1) is 11.7 Å². The highest BCUT2D eigenvalue weighted by molar-refractivity contribution is 6.31. The number of nitrogens with zero attached hydrogens (tertiary/aromatic N) is 2. The zero-order chi connectivity index (χ0) is 16.3. The van der Waals surface area contributed by atoms with E-state index in [1.54, 1.807) is 18.0 Å². The first-order valence-electron chi connectivity index (χ1n) is 7.85. The Morgan fingerprint density at radius 1 is 1.36 bits per heavy atom. The Hall–Kier alpha value is -1.13. The first-order valence-corrected chi connectivity index (χ1v) is 8.23. The van der Waals surface area contributed by atoms with E-state index in [4.69, 9.17) is 11.6 Å². The van der Waals surface area contributed by atoms with Gasteiger partial charge in [0.25, 0.3) is 5.91 Å². The van der Waals surface area contributed by atoms with Gasteiger partial charge in [-0.25, -0.2) is 4.39 Å². The molecule has 0 N–H and O–H groups in total. The third-order valence-electron chi connectivity index (χ3n) is 4.41. The van der Waals surface area contributed by atoms with E-state index in [0.29, 0.717) is 5.92 Å². The molecule has 1 saturated heterocycles. The Bertz CT molecular complexity index is 529. The number of hydrogen-bond acceptors (Lipinski definition) is 2. The van der Waals surface area contributed by atoms with Gasteiger partial charge >= 0.3 is 0 Å². The minimum Gasteiger partial charge on any atom is -0.337 e. The van der Waals surface area contributed by atoms with Crippen LogP contribution in [0.5, 0.6) is 0 Å². The van der Waals surface area contributed by atoms with E-state index in [2.05, 4.69) is 18.7 Å². The van der Waals surface area contributed by atoms with Gasteiger partial charge in [0.1, 0.15) is 0 Å². The Morgan fingerprint density at radius 3 is 2.59 bits per heavy atom. The van der Waals surface area contributed by atoms with Crippen molar-refractivity contribution in [1.82, 2.24) is 9.80 Å². The number of carbonyl (C=O) groups is 1. The molecule has 5 heteroatoms. The Balaban J connectivity index is 2.16. The molecule has 1 heterocycles. The lowest BCUT2D eigenvalue weighted by molar-refractivity contribution is 0.0637. The molecule has 1 aromatic carbocycles. The number of hydrogen-bond donors (Lipinski definition) is 0. The fraction of sp³-hybridized carbons (Fsp3) is 0.588. The van der Waals surface area contributed by atoms with Crippen molar-refractivity contribution in [2.75, 3.05) is 26.7 Å². The second-order valence-electron chi connectivity index (χ2n) is 6.34. The quantitative estimate of drug-likeness (QED) is 0.824. The molecule has 1 atom stereocenters. The van der Waals surface area contributed by atoms with Crippen molar-refractivity contribution in [2.24, 2.45) is 5.92 Å². The highest BCUT2D eigenvalue weighted by atomic mass is 35.5. The lowest BCUT2D eigenvalue weighted by Gasteiger charge is -2.34. The van der Waals surface area contributed by atoms with Gasteiger partial charge < -0.3 is 9.80 Å². The second kappa shape index (κ2) is 7.42. The van der Waals surface area contributed by atoms with Crippen LogP contribution in [0.1, 0.15) is 37.0 Å². The van der Waals surface area contributed by atoms with Gasteiger partial charge in [-0.1, -0.05) is 31.5 Å². The molecule has 122 valence electrons. The van der Waals surface area contributed by atoms with Gasteiger partial charge in [-0.2, -0.15) is 0 Å². The maximum absolute atomic E-state index is 14.1. The smallest absolute Gasteiger partial charge is 0.256 e. The van der Waals surface area contributed by atoms with Gasteiger partial charge in [-0.05, 0) is 44.0 Å². The van der Waals surface area contributed by atoms with Crippen molar-refractivity contribution in [3.63, 3.8) is 0 Å². The summed E-state index contributed by atoms with van der Waals surface area (Å²) in [7, 11) is 1.75. The first-order chi connectivity index (χ1) is 10.4. The van der Waals surface area contributed by atoms with E-state index >= 15 is 0 Å². The molecular weight excluding hydrogens is 303 g/mol. The lowest BCUT2D eigenvalue weighted by Crippen LogP contribution is -2.47. The Kier molecular flexibility index (Phi) is 5.81. The molecule has 22 heavy (non-hydrogen) atoms. The van der Waals surface area contributed by atoms with E-state index in [1.807, 2.05) is 0 Å². The summed E-state index contributed by atoms with van der Waals surface area (Å²) in [5.74, 6) is -0.639. The highest BCUT2D eigenvalue weighted by Crippen LogP contribution is 2.22. The molecule has 1 aromatic rings. The third-order valence-corrected chi connectivity index (χ3v) is 4.71. The third kappa shape index (κ3) is 3.79. The number of carbonyl (C=O) groups excluding carboxylic acids is 1. The molecule has 0 spiro atoms. The molecule has 0 aromatic heterocycles. The van der Waals surface area contributed by atoms with E-state index in [1.165, 1.54) is 25.0 Å². The summed E-state index contributed by atoms with van der Waals surface area (Å²) in [6.45, 7) is 7.19. The van der Waals surface area contributed by atoms with Crippen LogP contribution in [-0.2, 0) is 0 Å². The molecule has 2 rings (SSSR count). The van der Waals surface area contributed by atoms with Gasteiger partial charge in [0, 0.05) is 19.6 Å². The number of amides is 1. The predicted molar refractivity (Wildman–Crippen MR) is 87.8 cm³/mol. The first kappa shape index (κ1) is 17.2. The monoisotopic (exact) mass is 326 g/mol. The van der Waals surface area contributed by atoms with Crippen LogP contribution < -0.4 is 0 Å². The van der Waals surface area contributed by atoms with Crippen molar-refractivity contribution in [3.05, 3.63) is 34.6 Å². The molecule has 1 amide bonds. The Morgan fingerprint density at radius 2 is 2.00 bits per heavy atom. The Labute approximate surface area is 137 Å². The molecule has 1 fully saturated rings. The molecular formula is C17H24ClFN2O. The number of likely N-dealkylation sites (tertiary alicyclic amines) is 1. The number of halogens is 2. The maximum atomic E-state index is 14.1. The summed E-state index contributed by atoms with van der Waals surface area (Å²) in [6, 6.07) is 4.62. The zero-order valence-corrected chi connectivity index (χ0v) is 14.2. The van der Waals surface area contributed by atoms with Gasteiger partial charge in [0.15, 0.2) is 5.82 Å². The van der Waals surface area contributed by atoms with E-state index < -0.39 is 5.82 Å². The van der Waals surface area contributed by atoms with E-state index in [-0.39, 0.29) is 22.5 Å². The summed E-state index contributed by atoms with van der Waals surface area (Å²) in [5, 5.41) is -0.0140. The average molecular weight is 327 g/mol. The molecule has 3 nitrogen and oxygen atoms in total. The van der Waals surface area contributed by atoms with E-state index in [9.17, 15) is 9.18 Å². The van der Waals surface area contributed by atoms with Crippen LogP contribution in [0.15, 0.2) is 18.2 Å². The normalized spacial score (nSPS) is 17.0. The van der Waals surface area contributed by atoms with Crippen molar-refractivity contribution in [1.29, 1.82) is 0 Å². The van der Waals surface area contributed by atoms with Gasteiger partial charge in [-0.3, -0.25) is 4.79 Å². The van der Waals surface area contributed by atoms with Crippen LogP contribution in [0.4, 0.5) is 4.39 Å². The highest BCUT2D eigenvalue weighted by Gasteiger charge is 2.28. The number of rotatable bonds is 5. The molecule has 0 aliphatic carbocycles. The summed E-state index contributed by atoms with van der Waals surface area (Å²) < 4.78 is 14.1.